The van der Waals surface area contributed by atoms with Crippen molar-refractivity contribution in [2.75, 3.05) is 20.3 Å². The Bertz CT molecular complexity index is 379. The fourth-order valence-electron chi connectivity index (χ4n) is 4.24. The first-order valence-corrected chi connectivity index (χ1v) is 9.93. The Kier molecular flexibility index (Phi) is 8.52. The van der Waals surface area contributed by atoms with Crippen LogP contribution >= 0.6 is 0 Å². The Labute approximate surface area is 147 Å². The second kappa shape index (κ2) is 10.4. The predicted molar refractivity (Wildman–Crippen MR) is 94.5 cm³/mol. The third-order valence-corrected chi connectivity index (χ3v) is 5.85. The van der Waals surface area contributed by atoms with E-state index in [0.717, 1.165) is 51.4 Å². The summed E-state index contributed by atoms with van der Waals surface area (Å²) in [4.78, 5) is 0. The molecule has 2 rings (SSSR count). The maximum Gasteiger partial charge on any atom is 0.168 e. The molecule has 1 aliphatic carbocycles. The van der Waals surface area contributed by atoms with Gasteiger partial charge in [-0.2, -0.15) is 5.26 Å². The van der Waals surface area contributed by atoms with Crippen LogP contribution in [0.3, 0.4) is 0 Å². The SMILES string of the molecule is CCCCCCC1(CCC(C#N)C2CCC(OC)CC2)OCCO1. The van der Waals surface area contributed by atoms with Gasteiger partial charge in [0, 0.05) is 25.9 Å². The second-order valence-corrected chi connectivity index (χ2v) is 7.47. The number of unbranched alkanes of at least 4 members (excludes halogenated alkanes) is 3. The highest BCUT2D eigenvalue weighted by Gasteiger charge is 2.37. The lowest BCUT2D eigenvalue weighted by Crippen LogP contribution is -2.32. The fraction of sp³-hybridized carbons (Fsp3) is 0.950. The van der Waals surface area contributed by atoms with Crippen LogP contribution in [-0.4, -0.2) is 32.2 Å². The number of ether oxygens (including phenoxy) is 3. The second-order valence-electron chi connectivity index (χ2n) is 7.47. The Balaban J connectivity index is 1.80. The summed E-state index contributed by atoms with van der Waals surface area (Å²) < 4.78 is 17.4. The van der Waals surface area contributed by atoms with E-state index in [1.165, 1.54) is 19.3 Å². The largest absolute Gasteiger partial charge is 0.381 e. The zero-order valence-electron chi connectivity index (χ0n) is 15.6. The highest BCUT2D eigenvalue weighted by Crippen LogP contribution is 2.37. The molecule has 1 aliphatic heterocycles. The van der Waals surface area contributed by atoms with Gasteiger partial charge in [0.2, 0.25) is 0 Å². The molecule has 138 valence electrons. The highest BCUT2D eigenvalue weighted by molar-refractivity contribution is 4.92. The van der Waals surface area contributed by atoms with Crippen molar-refractivity contribution in [3.63, 3.8) is 0 Å². The summed E-state index contributed by atoms with van der Waals surface area (Å²) >= 11 is 0. The lowest BCUT2D eigenvalue weighted by atomic mass is 9.77. The zero-order chi connectivity index (χ0) is 17.3. The van der Waals surface area contributed by atoms with E-state index >= 15 is 0 Å². The molecule has 0 aromatic rings. The average Bonchev–Trinajstić information content (AvgIpc) is 3.09. The molecule has 0 amide bonds. The van der Waals surface area contributed by atoms with E-state index in [2.05, 4.69) is 13.0 Å². The van der Waals surface area contributed by atoms with Gasteiger partial charge in [-0.3, -0.25) is 0 Å². The van der Waals surface area contributed by atoms with Gasteiger partial charge in [0.25, 0.3) is 0 Å². The van der Waals surface area contributed by atoms with Crippen molar-refractivity contribution in [3.05, 3.63) is 0 Å². The molecule has 0 spiro atoms. The van der Waals surface area contributed by atoms with Crippen molar-refractivity contribution in [3.8, 4) is 6.07 Å². The van der Waals surface area contributed by atoms with Crippen LogP contribution < -0.4 is 0 Å². The Morgan fingerprint density at radius 2 is 1.79 bits per heavy atom. The molecule has 2 fully saturated rings. The minimum atomic E-state index is -0.410. The molecule has 1 unspecified atom stereocenters. The van der Waals surface area contributed by atoms with Crippen LogP contribution in [0.2, 0.25) is 0 Å². The zero-order valence-corrected chi connectivity index (χ0v) is 15.6. The van der Waals surface area contributed by atoms with Crippen LogP contribution in [0.1, 0.15) is 77.6 Å². The van der Waals surface area contributed by atoms with E-state index in [0.29, 0.717) is 25.2 Å². The van der Waals surface area contributed by atoms with Crippen LogP contribution in [0.15, 0.2) is 0 Å². The molecule has 0 aromatic heterocycles. The summed E-state index contributed by atoms with van der Waals surface area (Å²) in [5, 5.41) is 9.64. The molecule has 0 bridgehead atoms. The Morgan fingerprint density at radius 1 is 1.08 bits per heavy atom. The normalized spacial score (nSPS) is 27.7. The minimum absolute atomic E-state index is 0.128. The number of hydrogen-bond donors (Lipinski definition) is 0. The van der Waals surface area contributed by atoms with Gasteiger partial charge in [-0.1, -0.05) is 26.2 Å². The highest BCUT2D eigenvalue weighted by atomic mass is 16.7. The van der Waals surface area contributed by atoms with Crippen LogP contribution in [0, 0.1) is 23.2 Å². The van der Waals surface area contributed by atoms with Crippen molar-refractivity contribution in [1.82, 2.24) is 0 Å². The molecule has 2 aliphatic rings. The third kappa shape index (κ3) is 5.72. The number of nitrogens with zero attached hydrogens (tertiary/aromatic N) is 1. The molecular weight excluding hydrogens is 302 g/mol. The van der Waals surface area contributed by atoms with Crippen LogP contribution in [0.25, 0.3) is 0 Å². The lowest BCUT2D eigenvalue weighted by Gasteiger charge is -2.33. The fourth-order valence-corrected chi connectivity index (χ4v) is 4.24. The number of nitriles is 1. The number of rotatable bonds is 10. The Hall–Kier alpha value is -0.630. The molecule has 1 atom stereocenters. The van der Waals surface area contributed by atoms with Crippen molar-refractivity contribution in [2.45, 2.75) is 89.4 Å². The van der Waals surface area contributed by atoms with Gasteiger partial charge in [-0.05, 0) is 44.4 Å². The van der Waals surface area contributed by atoms with Gasteiger partial charge in [0.05, 0.1) is 25.4 Å². The predicted octanol–water partition coefficient (Wildman–Crippen LogP) is 4.83. The summed E-state index contributed by atoms with van der Waals surface area (Å²) in [6, 6.07) is 2.57. The molecule has 0 aromatic carbocycles. The average molecular weight is 338 g/mol. The van der Waals surface area contributed by atoms with E-state index in [1.807, 2.05) is 0 Å². The van der Waals surface area contributed by atoms with E-state index in [1.54, 1.807) is 7.11 Å². The smallest absolute Gasteiger partial charge is 0.168 e. The van der Waals surface area contributed by atoms with E-state index < -0.39 is 5.79 Å². The standard InChI is InChI=1S/C20H35NO3/c1-3-4-5-6-12-20(23-14-15-24-20)13-11-18(16-21)17-7-9-19(22-2)10-8-17/h17-19H,3-15H2,1-2H3. The van der Waals surface area contributed by atoms with Gasteiger partial charge >= 0.3 is 0 Å². The molecule has 1 heterocycles. The summed E-state index contributed by atoms with van der Waals surface area (Å²) in [7, 11) is 1.80. The summed E-state index contributed by atoms with van der Waals surface area (Å²) in [6.07, 6.45) is 12.5. The number of methoxy groups -OCH3 is 1. The topological polar surface area (TPSA) is 51.5 Å². The van der Waals surface area contributed by atoms with Gasteiger partial charge in [-0.15, -0.1) is 0 Å². The maximum absolute atomic E-state index is 9.64. The lowest BCUT2D eigenvalue weighted by molar-refractivity contribution is -0.170. The monoisotopic (exact) mass is 337 g/mol. The van der Waals surface area contributed by atoms with E-state index in [4.69, 9.17) is 14.2 Å². The molecule has 1 saturated heterocycles. The third-order valence-electron chi connectivity index (χ3n) is 5.85. The summed E-state index contributed by atoms with van der Waals surface area (Å²) in [6.45, 7) is 3.63. The van der Waals surface area contributed by atoms with Crippen molar-refractivity contribution in [1.29, 1.82) is 5.26 Å². The molecule has 4 nitrogen and oxygen atoms in total. The number of hydrogen-bond acceptors (Lipinski definition) is 4. The molecule has 24 heavy (non-hydrogen) atoms. The van der Waals surface area contributed by atoms with E-state index in [-0.39, 0.29) is 5.92 Å². The minimum Gasteiger partial charge on any atom is -0.381 e. The van der Waals surface area contributed by atoms with Crippen LogP contribution in [0.5, 0.6) is 0 Å². The van der Waals surface area contributed by atoms with Gasteiger partial charge in [-0.25, -0.2) is 0 Å². The summed E-state index contributed by atoms with van der Waals surface area (Å²) in [5.41, 5.74) is 0. The van der Waals surface area contributed by atoms with Crippen LogP contribution in [-0.2, 0) is 14.2 Å². The summed E-state index contributed by atoms with van der Waals surface area (Å²) in [5.74, 6) is 0.232. The van der Waals surface area contributed by atoms with E-state index in [9.17, 15) is 5.26 Å². The van der Waals surface area contributed by atoms with Crippen LogP contribution in [0.4, 0.5) is 0 Å². The first-order chi connectivity index (χ1) is 11.7. The van der Waals surface area contributed by atoms with Gasteiger partial charge in [0.15, 0.2) is 5.79 Å². The van der Waals surface area contributed by atoms with Crippen molar-refractivity contribution < 1.29 is 14.2 Å². The Morgan fingerprint density at radius 3 is 2.38 bits per heavy atom. The first kappa shape index (κ1) is 19.7. The molecule has 0 N–H and O–H groups in total. The van der Waals surface area contributed by atoms with Gasteiger partial charge < -0.3 is 14.2 Å². The van der Waals surface area contributed by atoms with Crippen molar-refractivity contribution >= 4 is 0 Å². The molecular formula is C20H35NO3. The molecule has 1 saturated carbocycles. The van der Waals surface area contributed by atoms with Crippen molar-refractivity contribution in [2.24, 2.45) is 11.8 Å². The maximum atomic E-state index is 9.64. The molecule has 0 radical (unpaired) electrons. The van der Waals surface area contributed by atoms with Gasteiger partial charge in [0.1, 0.15) is 0 Å². The molecule has 4 heteroatoms. The quantitative estimate of drug-likeness (QED) is 0.536. The first-order valence-electron chi connectivity index (χ1n) is 9.93.